The zero-order valence-electron chi connectivity index (χ0n) is 11.5. The third-order valence-electron chi connectivity index (χ3n) is 2.74. The summed E-state index contributed by atoms with van der Waals surface area (Å²) in [6.07, 6.45) is 0. The molecule has 116 valence electrons. The first-order valence-electron chi connectivity index (χ1n) is 6.41. The third-order valence-corrected chi connectivity index (χ3v) is 4.79. The van der Waals surface area contributed by atoms with Gasteiger partial charge in [-0.3, -0.25) is 14.9 Å². The molecule has 1 aromatic carbocycles. The molecular weight excluding hydrogens is 327 g/mol. The minimum absolute atomic E-state index is 0.0564. The number of hydrogen-bond acceptors (Lipinski definition) is 5. The Morgan fingerprint density at radius 1 is 1.32 bits per heavy atom. The van der Waals surface area contributed by atoms with Crippen LogP contribution in [0, 0.1) is 15.9 Å². The minimum Gasteiger partial charge on any atom is -0.351 e. The Balaban J connectivity index is 1.71. The Bertz CT molecular complexity index is 676. The van der Waals surface area contributed by atoms with Crippen molar-refractivity contribution in [3.05, 3.63) is 62.8 Å². The van der Waals surface area contributed by atoms with Crippen LogP contribution in [0.1, 0.15) is 15.2 Å². The van der Waals surface area contributed by atoms with Crippen molar-refractivity contribution in [2.45, 2.75) is 5.75 Å². The predicted molar refractivity (Wildman–Crippen MR) is 85.9 cm³/mol. The standard InChI is InChI=1S/C14H13FN2O3S2/c15-11-4-2-1-3-10(11)9-21-8-7-16-14(18)12-5-6-13(22-12)17(19)20/h1-6H,7-9H2,(H,16,18). The number of amides is 1. The van der Waals surface area contributed by atoms with Crippen molar-refractivity contribution in [2.24, 2.45) is 0 Å². The van der Waals surface area contributed by atoms with Gasteiger partial charge in [-0.15, -0.1) is 0 Å². The van der Waals surface area contributed by atoms with Gasteiger partial charge < -0.3 is 5.32 Å². The molecule has 2 rings (SSSR count). The molecule has 5 nitrogen and oxygen atoms in total. The van der Waals surface area contributed by atoms with E-state index >= 15 is 0 Å². The molecule has 0 saturated carbocycles. The van der Waals surface area contributed by atoms with Gasteiger partial charge in [0, 0.05) is 24.1 Å². The van der Waals surface area contributed by atoms with Gasteiger partial charge in [-0.1, -0.05) is 29.5 Å². The van der Waals surface area contributed by atoms with E-state index in [1.165, 1.54) is 30.0 Å². The summed E-state index contributed by atoms with van der Waals surface area (Å²) in [7, 11) is 0. The smallest absolute Gasteiger partial charge is 0.324 e. The maximum atomic E-state index is 13.4. The fraction of sp³-hybridized carbons (Fsp3) is 0.214. The highest BCUT2D eigenvalue weighted by Crippen LogP contribution is 2.23. The van der Waals surface area contributed by atoms with Crippen LogP contribution in [-0.2, 0) is 5.75 Å². The second-order valence-corrected chi connectivity index (χ2v) is 6.46. The van der Waals surface area contributed by atoms with Crippen LogP contribution in [0.3, 0.4) is 0 Å². The SMILES string of the molecule is O=C(NCCSCc1ccccc1F)c1ccc([N+](=O)[O-])s1. The van der Waals surface area contributed by atoms with E-state index in [2.05, 4.69) is 5.32 Å². The topological polar surface area (TPSA) is 72.2 Å². The minimum atomic E-state index is -0.522. The van der Waals surface area contributed by atoms with Crippen molar-refractivity contribution in [1.82, 2.24) is 5.32 Å². The third kappa shape index (κ3) is 4.54. The van der Waals surface area contributed by atoms with Crippen LogP contribution in [0.15, 0.2) is 36.4 Å². The van der Waals surface area contributed by atoms with Gasteiger partial charge >= 0.3 is 5.00 Å². The fourth-order valence-corrected chi connectivity index (χ4v) is 3.25. The quantitative estimate of drug-likeness (QED) is 0.476. The number of nitrogens with one attached hydrogen (secondary N) is 1. The largest absolute Gasteiger partial charge is 0.351 e. The lowest BCUT2D eigenvalue weighted by Crippen LogP contribution is -2.24. The summed E-state index contributed by atoms with van der Waals surface area (Å²) in [6.45, 7) is 0.420. The molecule has 0 aliphatic heterocycles. The summed E-state index contributed by atoms with van der Waals surface area (Å²) >= 11 is 2.35. The van der Waals surface area contributed by atoms with Crippen LogP contribution >= 0.6 is 23.1 Å². The Labute approximate surface area is 134 Å². The molecule has 0 atom stereocenters. The lowest BCUT2D eigenvalue weighted by atomic mass is 10.2. The molecule has 0 saturated heterocycles. The Morgan fingerprint density at radius 3 is 2.77 bits per heavy atom. The summed E-state index contributed by atoms with van der Waals surface area (Å²) in [4.78, 5) is 22.1. The Morgan fingerprint density at radius 2 is 2.09 bits per heavy atom. The molecule has 0 spiro atoms. The number of nitro groups is 1. The molecule has 0 unspecified atom stereocenters. The number of carbonyl (C=O) groups excluding carboxylic acids is 1. The number of benzene rings is 1. The number of carbonyl (C=O) groups is 1. The normalized spacial score (nSPS) is 10.4. The zero-order valence-corrected chi connectivity index (χ0v) is 13.1. The molecule has 0 aliphatic rings. The van der Waals surface area contributed by atoms with E-state index < -0.39 is 4.92 Å². The fourth-order valence-electron chi connectivity index (χ4n) is 1.67. The second-order valence-electron chi connectivity index (χ2n) is 4.29. The van der Waals surface area contributed by atoms with Crippen molar-refractivity contribution in [3.63, 3.8) is 0 Å². The molecular formula is C14H13FN2O3S2. The van der Waals surface area contributed by atoms with Gasteiger partial charge in [0.05, 0.1) is 9.80 Å². The van der Waals surface area contributed by atoms with Crippen LogP contribution in [0.4, 0.5) is 9.39 Å². The van der Waals surface area contributed by atoms with Crippen molar-refractivity contribution in [1.29, 1.82) is 0 Å². The molecule has 1 amide bonds. The average Bonchev–Trinajstić information content (AvgIpc) is 2.98. The summed E-state index contributed by atoms with van der Waals surface area (Å²) in [5, 5.41) is 13.2. The van der Waals surface area contributed by atoms with Gasteiger partial charge in [-0.25, -0.2) is 4.39 Å². The number of rotatable bonds is 7. The van der Waals surface area contributed by atoms with Crippen LogP contribution in [0.2, 0.25) is 0 Å². The molecule has 8 heteroatoms. The number of halogens is 1. The van der Waals surface area contributed by atoms with Crippen molar-refractivity contribution >= 4 is 34.0 Å². The van der Waals surface area contributed by atoms with E-state index in [1.807, 2.05) is 0 Å². The van der Waals surface area contributed by atoms with Gasteiger partial charge in [0.1, 0.15) is 5.82 Å². The van der Waals surface area contributed by atoms with E-state index in [1.54, 1.807) is 18.2 Å². The number of nitrogens with zero attached hydrogens (tertiary/aromatic N) is 1. The molecule has 0 fully saturated rings. The molecule has 1 aromatic heterocycles. The van der Waals surface area contributed by atoms with Crippen LogP contribution in [0.5, 0.6) is 0 Å². The molecule has 0 radical (unpaired) electrons. The van der Waals surface area contributed by atoms with Crippen LogP contribution < -0.4 is 5.32 Å². The van der Waals surface area contributed by atoms with Crippen molar-refractivity contribution in [3.8, 4) is 0 Å². The highest BCUT2D eigenvalue weighted by atomic mass is 32.2. The molecule has 0 bridgehead atoms. The van der Waals surface area contributed by atoms with Gasteiger partial charge in [0.2, 0.25) is 0 Å². The van der Waals surface area contributed by atoms with E-state index in [9.17, 15) is 19.3 Å². The van der Waals surface area contributed by atoms with Crippen molar-refractivity contribution in [2.75, 3.05) is 12.3 Å². The van der Waals surface area contributed by atoms with Crippen LogP contribution in [-0.4, -0.2) is 23.1 Å². The molecule has 1 heterocycles. The lowest BCUT2D eigenvalue weighted by Gasteiger charge is -2.04. The average molecular weight is 340 g/mol. The monoisotopic (exact) mass is 340 g/mol. The molecule has 22 heavy (non-hydrogen) atoms. The first-order valence-corrected chi connectivity index (χ1v) is 8.38. The van der Waals surface area contributed by atoms with Crippen LogP contribution in [0.25, 0.3) is 0 Å². The van der Waals surface area contributed by atoms with E-state index in [0.29, 0.717) is 28.5 Å². The Kier molecular flexibility index (Phi) is 5.91. The first-order chi connectivity index (χ1) is 10.6. The summed E-state index contributed by atoms with van der Waals surface area (Å²) < 4.78 is 13.4. The zero-order chi connectivity index (χ0) is 15.9. The number of thiophene rings is 1. The summed E-state index contributed by atoms with van der Waals surface area (Å²) in [5.74, 6) is 0.607. The molecule has 2 aromatic rings. The maximum Gasteiger partial charge on any atom is 0.324 e. The predicted octanol–water partition coefficient (Wildman–Crippen LogP) is 3.46. The van der Waals surface area contributed by atoms with E-state index in [-0.39, 0.29) is 16.7 Å². The van der Waals surface area contributed by atoms with Gasteiger partial charge in [-0.2, -0.15) is 11.8 Å². The number of thioether (sulfide) groups is 1. The van der Waals surface area contributed by atoms with Gasteiger partial charge in [0.25, 0.3) is 5.91 Å². The van der Waals surface area contributed by atoms with E-state index in [0.717, 1.165) is 11.3 Å². The first kappa shape index (κ1) is 16.4. The summed E-state index contributed by atoms with van der Waals surface area (Å²) in [6, 6.07) is 9.32. The van der Waals surface area contributed by atoms with Gasteiger partial charge in [-0.05, 0) is 17.7 Å². The molecule has 0 aliphatic carbocycles. The number of hydrogen-bond donors (Lipinski definition) is 1. The highest BCUT2D eigenvalue weighted by Gasteiger charge is 2.14. The molecule has 1 N–H and O–H groups in total. The lowest BCUT2D eigenvalue weighted by molar-refractivity contribution is -0.380. The highest BCUT2D eigenvalue weighted by molar-refractivity contribution is 7.98. The van der Waals surface area contributed by atoms with Gasteiger partial charge in [0.15, 0.2) is 0 Å². The van der Waals surface area contributed by atoms with Crippen molar-refractivity contribution < 1.29 is 14.1 Å². The maximum absolute atomic E-state index is 13.4. The second kappa shape index (κ2) is 7.90. The Hall–Kier alpha value is -1.93. The summed E-state index contributed by atoms with van der Waals surface area (Å²) in [5.41, 5.74) is 0.632. The van der Waals surface area contributed by atoms with E-state index in [4.69, 9.17) is 0 Å².